The molecule has 96 valence electrons. The first kappa shape index (κ1) is 12.6. The van der Waals surface area contributed by atoms with Gasteiger partial charge < -0.3 is 15.0 Å². The molecule has 0 saturated heterocycles. The summed E-state index contributed by atoms with van der Waals surface area (Å²) in [5.41, 5.74) is 0.810. The van der Waals surface area contributed by atoms with Crippen molar-refractivity contribution in [2.75, 3.05) is 5.32 Å². The molecule has 0 aromatic carbocycles. The summed E-state index contributed by atoms with van der Waals surface area (Å²) in [7, 11) is 1.93. The van der Waals surface area contributed by atoms with Crippen molar-refractivity contribution in [3.8, 4) is 0 Å². The van der Waals surface area contributed by atoms with Crippen molar-refractivity contribution in [2.45, 2.75) is 19.4 Å². The first-order valence-corrected chi connectivity index (χ1v) is 6.39. The van der Waals surface area contributed by atoms with Gasteiger partial charge in [0.2, 0.25) is 0 Å². The summed E-state index contributed by atoms with van der Waals surface area (Å²) in [6.45, 7) is 0.607. The Hall–Kier alpha value is -1.89. The van der Waals surface area contributed by atoms with E-state index in [1.165, 1.54) is 11.3 Å². The molecule has 7 heteroatoms. The number of imidazole rings is 1. The Bertz CT molecular complexity index is 535. The lowest BCUT2D eigenvalue weighted by atomic mass is 10.2. The molecular formula is C11H14N4O2S. The van der Waals surface area contributed by atoms with Crippen molar-refractivity contribution >= 4 is 22.4 Å². The fourth-order valence-electron chi connectivity index (χ4n) is 1.46. The summed E-state index contributed by atoms with van der Waals surface area (Å²) in [6, 6.07) is 0. The van der Waals surface area contributed by atoms with Crippen LogP contribution in [0.2, 0.25) is 0 Å². The van der Waals surface area contributed by atoms with Crippen molar-refractivity contribution in [3.05, 3.63) is 29.3 Å². The number of nitrogens with one attached hydrogen (secondary N) is 1. The van der Waals surface area contributed by atoms with Crippen molar-refractivity contribution < 1.29 is 9.90 Å². The third-order valence-electron chi connectivity index (χ3n) is 2.47. The Morgan fingerprint density at radius 2 is 2.44 bits per heavy atom. The van der Waals surface area contributed by atoms with Crippen LogP contribution in [-0.2, 0) is 24.8 Å². The molecule has 0 spiro atoms. The zero-order chi connectivity index (χ0) is 13.0. The van der Waals surface area contributed by atoms with Gasteiger partial charge in [-0.2, -0.15) is 0 Å². The SMILES string of the molecule is Cn1ccnc1CNc1nc(CCC(=O)O)cs1. The van der Waals surface area contributed by atoms with Gasteiger partial charge in [0.1, 0.15) is 5.82 Å². The quantitative estimate of drug-likeness (QED) is 0.828. The molecule has 6 nitrogen and oxygen atoms in total. The minimum atomic E-state index is -0.800. The number of hydrogen-bond donors (Lipinski definition) is 2. The highest BCUT2D eigenvalue weighted by molar-refractivity contribution is 7.13. The zero-order valence-electron chi connectivity index (χ0n) is 9.96. The molecule has 18 heavy (non-hydrogen) atoms. The number of carboxylic acids is 1. The number of nitrogens with zero attached hydrogens (tertiary/aromatic N) is 3. The Labute approximate surface area is 108 Å². The van der Waals surface area contributed by atoms with E-state index in [4.69, 9.17) is 5.11 Å². The van der Waals surface area contributed by atoms with Crippen LogP contribution in [0.15, 0.2) is 17.8 Å². The van der Waals surface area contributed by atoms with Crippen LogP contribution < -0.4 is 5.32 Å². The number of carboxylic acid groups (broad SMARTS) is 1. The summed E-state index contributed by atoms with van der Waals surface area (Å²) in [4.78, 5) is 19.0. The van der Waals surface area contributed by atoms with Gasteiger partial charge >= 0.3 is 5.97 Å². The van der Waals surface area contributed by atoms with Crippen LogP contribution in [0.3, 0.4) is 0 Å². The van der Waals surface area contributed by atoms with E-state index in [9.17, 15) is 4.79 Å². The van der Waals surface area contributed by atoms with Gasteiger partial charge in [-0.25, -0.2) is 9.97 Å². The standard InChI is InChI=1S/C11H14N4O2S/c1-15-5-4-12-9(15)6-13-11-14-8(7-18-11)2-3-10(16)17/h4-5,7H,2-3,6H2,1H3,(H,13,14)(H,16,17). The minimum Gasteiger partial charge on any atom is -0.481 e. The molecule has 0 aliphatic rings. The summed E-state index contributed by atoms with van der Waals surface area (Å²) in [5, 5.41) is 14.4. The second-order valence-electron chi connectivity index (χ2n) is 3.85. The molecule has 2 heterocycles. The summed E-state index contributed by atoms with van der Waals surface area (Å²) in [6.07, 6.45) is 4.22. The van der Waals surface area contributed by atoms with Gasteiger partial charge in [0, 0.05) is 31.2 Å². The normalized spacial score (nSPS) is 10.5. The number of carbonyl (C=O) groups is 1. The first-order valence-electron chi connectivity index (χ1n) is 5.51. The fourth-order valence-corrected chi connectivity index (χ4v) is 2.20. The minimum absolute atomic E-state index is 0.114. The molecule has 0 radical (unpaired) electrons. The maximum atomic E-state index is 10.4. The fraction of sp³-hybridized carbons (Fsp3) is 0.364. The molecule has 0 bridgehead atoms. The van der Waals surface area contributed by atoms with Crippen molar-refractivity contribution in [1.82, 2.24) is 14.5 Å². The lowest BCUT2D eigenvalue weighted by Gasteiger charge is -2.02. The van der Waals surface area contributed by atoms with E-state index in [1.807, 2.05) is 23.2 Å². The third kappa shape index (κ3) is 3.30. The van der Waals surface area contributed by atoms with Crippen molar-refractivity contribution in [1.29, 1.82) is 0 Å². The number of aromatic nitrogens is 3. The molecular weight excluding hydrogens is 252 g/mol. The number of thiazole rings is 1. The van der Waals surface area contributed by atoms with Gasteiger partial charge in [-0.05, 0) is 0 Å². The van der Waals surface area contributed by atoms with E-state index in [0.717, 1.165) is 16.6 Å². The number of hydrogen-bond acceptors (Lipinski definition) is 5. The predicted molar refractivity (Wildman–Crippen MR) is 68.6 cm³/mol. The highest BCUT2D eigenvalue weighted by Gasteiger charge is 2.05. The average Bonchev–Trinajstić information content (AvgIpc) is 2.93. The number of aliphatic carboxylic acids is 1. The van der Waals surface area contributed by atoms with Crippen LogP contribution in [0.5, 0.6) is 0 Å². The predicted octanol–water partition coefficient (Wildman–Crippen LogP) is 1.51. The molecule has 0 unspecified atom stereocenters. The van der Waals surface area contributed by atoms with Crippen LogP contribution in [0.4, 0.5) is 5.13 Å². The second-order valence-corrected chi connectivity index (χ2v) is 4.70. The van der Waals surface area contributed by atoms with Gasteiger partial charge in [0.05, 0.1) is 18.7 Å². The summed E-state index contributed by atoms with van der Waals surface area (Å²) < 4.78 is 1.94. The number of aryl methyl sites for hydroxylation is 2. The van der Waals surface area contributed by atoms with Gasteiger partial charge in [-0.1, -0.05) is 0 Å². The number of anilines is 1. The van der Waals surface area contributed by atoms with Gasteiger partial charge in [0.25, 0.3) is 0 Å². The maximum Gasteiger partial charge on any atom is 0.303 e. The van der Waals surface area contributed by atoms with Crippen LogP contribution in [0, 0.1) is 0 Å². The van der Waals surface area contributed by atoms with E-state index in [0.29, 0.717) is 13.0 Å². The molecule has 2 aromatic heterocycles. The van der Waals surface area contributed by atoms with E-state index in [1.54, 1.807) is 6.20 Å². The monoisotopic (exact) mass is 266 g/mol. The molecule has 0 aliphatic carbocycles. The Balaban J connectivity index is 1.87. The Morgan fingerprint density at radius 1 is 1.61 bits per heavy atom. The van der Waals surface area contributed by atoms with E-state index < -0.39 is 5.97 Å². The second kappa shape index (κ2) is 5.63. The van der Waals surface area contributed by atoms with Crippen LogP contribution in [0.25, 0.3) is 0 Å². The molecule has 0 atom stereocenters. The maximum absolute atomic E-state index is 10.4. The Kier molecular flexibility index (Phi) is 3.93. The topological polar surface area (TPSA) is 80.0 Å². The first-order chi connectivity index (χ1) is 8.65. The lowest BCUT2D eigenvalue weighted by molar-refractivity contribution is -0.136. The zero-order valence-corrected chi connectivity index (χ0v) is 10.8. The number of rotatable bonds is 6. The molecule has 0 amide bonds. The summed E-state index contributed by atoms with van der Waals surface area (Å²) >= 11 is 1.48. The van der Waals surface area contributed by atoms with Crippen LogP contribution in [0.1, 0.15) is 17.9 Å². The van der Waals surface area contributed by atoms with Gasteiger partial charge in [0.15, 0.2) is 5.13 Å². The van der Waals surface area contributed by atoms with Crippen molar-refractivity contribution in [3.63, 3.8) is 0 Å². The smallest absolute Gasteiger partial charge is 0.303 e. The molecule has 2 N–H and O–H groups in total. The largest absolute Gasteiger partial charge is 0.481 e. The highest BCUT2D eigenvalue weighted by Crippen LogP contribution is 2.17. The van der Waals surface area contributed by atoms with Gasteiger partial charge in [-0.3, -0.25) is 4.79 Å². The molecule has 0 saturated carbocycles. The highest BCUT2D eigenvalue weighted by atomic mass is 32.1. The lowest BCUT2D eigenvalue weighted by Crippen LogP contribution is -2.05. The summed E-state index contributed by atoms with van der Waals surface area (Å²) in [5.74, 6) is 0.128. The average molecular weight is 266 g/mol. The third-order valence-corrected chi connectivity index (χ3v) is 3.31. The van der Waals surface area contributed by atoms with Crippen LogP contribution >= 0.6 is 11.3 Å². The van der Waals surface area contributed by atoms with E-state index in [2.05, 4.69) is 15.3 Å². The van der Waals surface area contributed by atoms with Crippen LogP contribution in [-0.4, -0.2) is 25.6 Å². The van der Waals surface area contributed by atoms with Gasteiger partial charge in [-0.15, -0.1) is 11.3 Å². The van der Waals surface area contributed by atoms with E-state index in [-0.39, 0.29) is 6.42 Å². The molecule has 2 aromatic rings. The molecule has 0 aliphatic heterocycles. The van der Waals surface area contributed by atoms with Crippen molar-refractivity contribution in [2.24, 2.45) is 7.05 Å². The Morgan fingerprint density at radius 3 is 3.11 bits per heavy atom. The molecule has 0 fully saturated rings. The molecule has 2 rings (SSSR count). The van der Waals surface area contributed by atoms with E-state index >= 15 is 0 Å².